The van der Waals surface area contributed by atoms with Gasteiger partial charge < -0.3 is 19.5 Å². The summed E-state index contributed by atoms with van der Waals surface area (Å²) in [5.74, 6) is 1.87. The van der Waals surface area contributed by atoms with Crippen LogP contribution in [0.3, 0.4) is 0 Å². The van der Waals surface area contributed by atoms with Crippen LogP contribution in [0, 0.1) is 5.92 Å². The van der Waals surface area contributed by atoms with Crippen LogP contribution in [-0.2, 0) is 11.3 Å². The van der Waals surface area contributed by atoms with Gasteiger partial charge in [0.25, 0.3) is 0 Å². The second-order valence-corrected chi connectivity index (χ2v) is 5.41. The van der Waals surface area contributed by atoms with Crippen LogP contribution in [-0.4, -0.2) is 26.6 Å². The minimum atomic E-state index is 0.240. The summed E-state index contributed by atoms with van der Waals surface area (Å²) in [6.45, 7) is 6.00. The Morgan fingerprint density at radius 2 is 2.16 bits per heavy atom. The van der Waals surface area contributed by atoms with Crippen LogP contribution < -0.4 is 14.8 Å². The van der Waals surface area contributed by atoms with E-state index in [1.807, 2.05) is 12.1 Å². The Kier molecular flexibility index (Phi) is 4.91. The molecule has 5 heteroatoms. The third-order valence-electron chi connectivity index (χ3n) is 3.21. The van der Waals surface area contributed by atoms with Crippen molar-refractivity contribution >= 4 is 11.6 Å². The average Bonchev–Trinajstić information content (AvgIpc) is 2.82. The van der Waals surface area contributed by atoms with Gasteiger partial charge >= 0.3 is 0 Å². The molecule has 4 nitrogen and oxygen atoms in total. The fourth-order valence-electron chi connectivity index (χ4n) is 2.04. The molecule has 1 aliphatic rings. The predicted octanol–water partition coefficient (Wildman–Crippen LogP) is 2.83. The van der Waals surface area contributed by atoms with Crippen molar-refractivity contribution in [2.45, 2.75) is 26.4 Å². The second-order valence-electron chi connectivity index (χ2n) is 5.00. The molecule has 106 valence electrons. The fraction of sp³-hybridized carbons (Fsp3) is 0.571. The van der Waals surface area contributed by atoms with Crippen molar-refractivity contribution in [3.63, 3.8) is 0 Å². The first-order chi connectivity index (χ1) is 9.11. The molecule has 0 spiro atoms. The van der Waals surface area contributed by atoms with Crippen LogP contribution in [0.1, 0.15) is 19.4 Å². The Hall–Kier alpha value is -0.970. The van der Waals surface area contributed by atoms with Crippen LogP contribution in [0.5, 0.6) is 11.5 Å². The van der Waals surface area contributed by atoms with Gasteiger partial charge in [-0.2, -0.15) is 0 Å². The van der Waals surface area contributed by atoms with E-state index in [4.69, 9.17) is 25.8 Å². The van der Waals surface area contributed by atoms with E-state index in [2.05, 4.69) is 19.2 Å². The number of methoxy groups -OCH3 is 1. The number of hydrogen-bond donors (Lipinski definition) is 1. The molecule has 19 heavy (non-hydrogen) atoms. The highest BCUT2D eigenvalue weighted by Crippen LogP contribution is 2.39. The molecule has 1 aromatic carbocycles. The summed E-state index contributed by atoms with van der Waals surface area (Å²) < 4.78 is 15.9. The summed E-state index contributed by atoms with van der Waals surface area (Å²) in [4.78, 5) is 0. The summed E-state index contributed by atoms with van der Waals surface area (Å²) in [7, 11) is 1.72. The van der Waals surface area contributed by atoms with Gasteiger partial charge in [-0.25, -0.2) is 0 Å². The monoisotopic (exact) mass is 285 g/mol. The maximum atomic E-state index is 6.16. The first kappa shape index (κ1) is 14.4. The number of nitrogens with one attached hydrogen (secondary N) is 1. The Morgan fingerprint density at radius 1 is 1.37 bits per heavy atom. The van der Waals surface area contributed by atoms with Gasteiger partial charge in [0.05, 0.1) is 11.6 Å². The first-order valence-electron chi connectivity index (χ1n) is 6.42. The minimum absolute atomic E-state index is 0.240. The van der Waals surface area contributed by atoms with Gasteiger partial charge in [-0.1, -0.05) is 25.4 Å². The van der Waals surface area contributed by atoms with Crippen LogP contribution in [0.4, 0.5) is 0 Å². The largest absolute Gasteiger partial charge is 0.454 e. The highest BCUT2D eigenvalue weighted by Gasteiger charge is 2.19. The Morgan fingerprint density at radius 3 is 2.84 bits per heavy atom. The zero-order chi connectivity index (χ0) is 13.8. The number of fused-ring (bicyclic) bond motifs is 1. The van der Waals surface area contributed by atoms with Crippen molar-refractivity contribution in [2.24, 2.45) is 5.92 Å². The van der Waals surface area contributed by atoms with Crippen molar-refractivity contribution < 1.29 is 14.2 Å². The summed E-state index contributed by atoms with van der Waals surface area (Å²) in [5, 5.41) is 4.07. The third-order valence-corrected chi connectivity index (χ3v) is 3.49. The molecule has 0 amide bonds. The zero-order valence-corrected chi connectivity index (χ0v) is 12.3. The van der Waals surface area contributed by atoms with E-state index in [9.17, 15) is 0 Å². The molecule has 0 bridgehead atoms. The molecule has 1 N–H and O–H groups in total. The molecular weight excluding hydrogens is 266 g/mol. The topological polar surface area (TPSA) is 39.7 Å². The molecule has 0 aliphatic carbocycles. The summed E-state index contributed by atoms with van der Waals surface area (Å²) >= 11 is 6.16. The van der Waals surface area contributed by atoms with Crippen LogP contribution in [0.15, 0.2) is 12.1 Å². The van der Waals surface area contributed by atoms with Gasteiger partial charge in [-0.15, -0.1) is 0 Å². The van der Waals surface area contributed by atoms with Crippen LogP contribution in [0.25, 0.3) is 0 Å². The fourth-order valence-corrected chi connectivity index (χ4v) is 2.33. The van der Waals surface area contributed by atoms with E-state index in [0.29, 0.717) is 29.3 Å². The normalized spacial score (nSPS) is 15.0. The standard InChI is InChI=1S/C14H20ClNO3/c1-9(2)12(7-17-3)16-6-10-4-11(15)14-13(5-10)18-8-19-14/h4-5,9,12,16H,6-8H2,1-3H3. The van der Waals surface area contributed by atoms with Crippen molar-refractivity contribution in [3.05, 3.63) is 22.7 Å². The lowest BCUT2D eigenvalue weighted by molar-refractivity contribution is 0.146. The summed E-state index contributed by atoms with van der Waals surface area (Å²) in [5.41, 5.74) is 1.08. The molecule has 0 aromatic heterocycles. The van der Waals surface area contributed by atoms with Gasteiger partial charge in [-0.3, -0.25) is 0 Å². The third kappa shape index (κ3) is 3.53. The summed E-state index contributed by atoms with van der Waals surface area (Å²) in [6, 6.07) is 4.19. The molecule has 0 saturated carbocycles. The van der Waals surface area contributed by atoms with Crippen molar-refractivity contribution in [2.75, 3.05) is 20.5 Å². The minimum Gasteiger partial charge on any atom is -0.454 e. The van der Waals surface area contributed by atoms with E-state index < -0.39 is 0 Å². The van der Waals surface area contributed by atoms with E-state index in [-0.39, 0.29) is 6.79 Å². The van der Waals surface area contributed by atoms with E-state index in [1.165, 1.54) is 0 Å². The quantitative estimate of drug-likeness (QED) is 0.872. The molecule has 1 unspecified atom stereocenters. The Bertz CT molecular complexity index is 437. The van der Waals surface area contributed by atoms with Crippen molar-refractivity contribution in [3.8, 4) is 11.5 Å². The number of ether oxygens (including phenoxy) is 3. The lowest BCUT2D eigenvalue weighted by atomic mass is 10.0. The predicted molar refractivity (Wildman–Crippen MR) is 74.9 cm³/mol. The number of rotatable bonds is 6. The molecule has 1 heterocycles. The lowest BCUT2D eigenvalue weighted by Gasteiger charge is -2.21. The lowest BCUT2D eigenvalue weighted by Crippen LogP contribution is -2.37. The molecule has 0 radical (unpaired) electrons. The van der Waals surface area contributed by atoms with Gasteiger partial charge in [-0.05, 0) is 23.6 Å². The van der Waals surface area contributed by atoms with E-state index in [0.717, 1.165) is 17.9 Å². The molecular formula is C14H20ClNO3. The van der Waals surface area contributed by atoms with E-state index in [1.54, 1.807) is 7.11 Å². The van der Waals surface area contributed by atoms with Gasteiger partial charge in [0, 0.05) is 19.7 Å². The van der Waals surface area contributed by atoms with Gasteiger partial charge in [0.2, 0.25) is 6.79 Å². The second kappa shape index (κ2) is 6.46. The Labute approximate surface area is 119 Å². The number of benzene rings is 1. The number of hydrogen-bond acceptors (Lipinski definition) is 4. The highest BCUT2D eigenvalue weighted by molar-refractivity contribution is 6.32. The molecule has 1 aromatic rings. The molecule has 0 fully saturated rings. The van der Waals surface area contributed by atoms with Gasteiger partial charge in [0.15, 0.2) is 11.5 Å². The molecule has 0 saturated heterocycles. The van der Waals surface area contributed by atoms with E-state index >= 15 is 0 Å². The highest BCUT2D eigenvalue weighted by atomic mass is 35.5. The van der Waals surface area contributed by atoms with Crippen molar-refractivity contribution in [1.29, 1.82) is 0 Å². The van der Waals surface area contributed by atoms with Gasteiger partial charge in [0.1, 0.15) is 0 Å². The molecule has 2 rings (SSSR count). The smallest absolute Gasteiger partial charge is 0.231 e. The molecule has 1 aliphatic heterocycles. The zero-order valence-electron chi connectivity index (χ0n) is 11.5. The van der Waals surface area contributed by atoms with Crippen LogP contribution >= 0.6 is 11.6 Å². The average molecular weight is 286 g/mol. The summed E-state index contributed by atoms with van der Waals surface area (Å²) in [6.07, 6.45) is 0. The maximum absolute atomic E-state index is 6.16. The number of halogens is 1. The van der Waals surface area contributed by atoms with Crippen molar-refractivity contribution in [1.82, 2.24) is 5.32 Å². The van der Waals surface area contributed by atoms with Crippen LogP contribution in [0.2, 0.25) is 5.02 Å². The maximum Gasteiger partial charge on any atom is 0.231 e. The molecule has 1 atom stereocenters. The SMILES string of the molecule is COCC(NCc1cc(Cl)c2c(c1)OCO2)C(C)C. The Balaban J connectivity index is 2.01. The first-order valence-corrected chi connectivity index (χ1v) is 6.80.